The van der Waals surface area contributed by atoms with Crippen molar-refractivity contribution < 1.29 is 22.7 Å². The number of hydrogen-bond acceptors (Lipinski definition) is 5. The molecule has 1 aromatic rings. The fourth-order valence-electron chi connectivity index (χ4n) is 1.29. The van der Waals surface area contributed by atoms with Gasteiger partial charge in [0.15, 0.2) is 11.5 Å². The molecule has 7 nitrogen and oxygen atoms in total. The molecule has 0 aromatic heterocycles. The van der Waals surface area contributed by atoms with E-state index in [-0.39, 0.29) is 11.7 Å². The average molecular weight is 258 g/mol. The predicted octanol–water partition coefficient (Wildman–Crippen LogP) is -0.821. The van der Waals surface area contributed by atoms with Crippen molar-refractivity contribution in [1.29, 1.82) is 0 Å². The molecule has 1 amide bonds. The summed E-state index contributed by atoms with van der Waals surface area (Å²) in [5.74, 6) is 0.0834. The monoisotopic (exact) mass is 258 g/mol. The molecule has 0 spiro atoms. The van der Waals surface area contributed by atoms with Gasteiger partial charge < -0.3 is 15.2 Å². The number of ether oxygens (including phenoxy) is 2. The van der Waals surface area contributed by atoms with Gasteiger partial charge in [0, 0.05) is 6.07 Å². The first-order chi connectivity index (χ1) is 7.99. The zero-order valence-corrected chi connectivity index (χ0v) is 9.49. The lowest BCUT2D eigenvalue weighted by Crippen LogP contribution is -2.33. The summed E-state index contributed by atoms with van der Waals surface area (Å²) in [4.78, 5) is 10.5. The van der Waals surface area contributed by atoms with E-state index in [0.29, 0.717) is 11.5 Å². The van der Waals surface area contributed by atoms with Crippen LogP contribution in [0.25, 0.3) is 0 Å². The third-order valence-electron chi connectivity index (χ3n) is 2.09. The average Bonchev–Trinajstić information content (AvgIpc) is 2.73. The molecule has 17 heavy (non-hydrogen) atoms. The largest absolute Gasteiger partial charge is 0.454 e. The van der Waals surface area contributed by atoms with Gasteiger partial charge in [-0.15, -0.1) is 0 Å². The predicted molar refractivity (Wildman–Crippen MR) is 56.9 cm³/mol. The Kier molecular flexibility index (Phi) is 2.90. The number of amides is 1. The van der Waals surface area contributed by atoms with E-state index in [4.69, 9.17) is 15.2 Å². The van der Waals surface area contributed by atoms with Crippen molar-refractivity contribution in [2.45, 2.75) is 4.90 Å². The number of sulfonamides is 1. The molecule has 1 aromatic carbocycles. The molecular weight excluding hydrogens is 248 g/mol. The molecule has 0 aliphatic carbocycles. The number of benzene rings is 1. The van der Waals surface area contributed by atoms with Crippen LogP contribution in [0.1, 0.15) is 0 Å². The number of rotatable bonds is 4. The van der Waals surface area contributed by atoms with Gasteiger partial charge in [0.1, 0.15) is 0 Å². The lowest BCUT2D eigenvalue weighted by atomic mass is 10.3. The van der Waals surface area contributed by atoms with E-state index in [9.17, 15) is 13.2 Å². The molecule has 0 saturated carbocycles. The SMILES string of the molecule is NC(=O)CNS(=O)(=O)c1ccc2c(c1)OCO2. The summed E-state index contributed by atoms with van der Waals surface area (Å²) in [6.07, 6.45) is 0. The van der Waals surface area contributed by atoms with Crippen molar-refractivity contribution in [3.63, 3.8) is 0 Å². The molecule has 1 aliphatic heterocycles. The first-order valence-electron chi connectivity index (χ1n) is 4.67. The topological polar surface area (TPSA) is 108 Å². The van der Waals surface area contributed by atoms with Gasteiger partial charge in [-0.1, -0.05) is 0 Å². The summed E-state index contributed by atoms with van der Waals surface area (Å²) < 4.78 is 35.6. The van der Waals surface area contributed by atoms with Crippen LogP contribution in [0.15, 0.2) is 23.1 Å². The summed E-state index contributed by atoms with van der Waals surface area (Å²) in [5, 5.41) is 0. The number of primary amides is 1. The normalized spacial score (nSPS) is 13.6. The van der Waals surface area contributed by atoms with Crippen molar-refractivity contribution in [3.8, 4) is 11.5 Å². The Morgan fingerprint density at radius 2 is 2.06 bits per heavy atom. The van der Waals surface area contributed by atoms with Gasteiger partial charge in [-0.2, -0.15) is 0 Å². The van der Waals surface area contributed by atoms with Crippen LogP contribution < -0.4 is 19.9 Å². The molecule has 0 atom stereocenters. The van der Waals surface area contributed by atoms with Gasteiger partial charge in [-0.25, -0.2) is 13.1 Å². The summed E-state index contributed by atoms with van der Waals surface area (Å²) in [5.41, 5.74) is 4.86. The van der Waals surface area contributed by atoms with Crippen LogP contribution in [-0.4, -0.2) is 27.7 Å². The van der Waals surface area contributed by atoms with Crippen LogP contribution >= 0.6 is 0 Å². The van der Waals surface area contributed by atoms with Gasteiger partial charge in [-0.05, 0) is 12.1 Å². The van der Waals surface area contributed by atoms with E-state index in [0.717, 1.165) is 0 Å². The Balaban J connectivity index is 2.24. The smallest absolute Gasteiger partial charge is 0.241 e. The Hall–Kier alpha value is -1.80. The van der Waals surface area contributed by atoms with Crippen molar-refractivity contribution in [3.05, 3.63) is 18.2 Å². The van der Waals surface area contributed by atoms with Crippen LogP contribution in [0.3, 0.4) is 0 Å². The molecule has 3 N–H and O–H groups in total. The summed E-state index contributed by atoms with van der Waals surface area (Å²) in [6, 6.07) is 4.17. The van der Waals surface area contributed by atoms with Crippen LogP contribution in [-0.2, 0) is 14.8 Å². The summed E-state index contributed by atoms with van der Waals surface area (Å²) >= 11 is 0. The highest BCUT2D eigenvalue weighted by atomic mass is 32.2. The molecule has 92 valence electrons. The maximum atomic E-state index is 11.7. The van der Waals surface area contributed by atoms with E-state index >= 15 is 0 Å². The van der Waals surface area contributed by atoms with Crippen LogP contribution in [0.2, 0.25) is 0 Å². The van der Waals surface area contributed by atoms with E-state index in [1.54, 1.807) is 0 Å². The van der Waals surface area contributed by atoms with Gasteiger partial charge >= 0.3 is 0 Å². The van der Waals surface area contributed by atoms with Crippen molar-refractivity contribution in [1.82, 2.24) is 4.72 Å². The van der Waals surface area contributed by atoms with Crippen molar-refractivity contribution in [2.75, 3.05) is 13.3 Å². The van der Waals surface area contributed by atoms with Gasteiger partial charge in [-0.3, -0.25) is 4.79 Å². The van der Waals surface area contributed by atoms with E-state index in [1.807, 2.05) is 0 Å². The highest BCUT2D eigenvalue weighted by Gasteiger charge is 2.20. The van der Waals surface area contributed by atoms with Gasteiger partial charge in [0.05, 0.1) is 11.4 Å². The van der Waals surface area contributed by atoms with E-state index in [2.05, 4.69) is 4.72 Å². The third-order valence-corrected chi connectivity index (χ3v) is 3.49. The first-order valence-corrected chi connectivity index (χ1v) is 6.15. The Bertz CT molecular complexity index is 555. The lowest BCUT2D eigenvalue weighted by Gasteiger charge is -2.05. The molecule has 1 aliphatic rings. The zero-order valence-electron chi connectivity index (χ0n) is 8.67. The van der Waals surface area contributed by atoms with Gasteiger partial charge in [0.25, 0.3) is 0 Å². The second-order valence-corrected chi connectivity index (χ2v) is 5.07. The first kappa shape index (κ1) is 11.7. The van der Waals surface area contributed by atoms with Crippen LogP contribution in [0, 0.1) is 0 Å². The molecule has 8 heteroatoms. The standard InChI is InChI=1S/C9H10N2O5S/c10-9(12)4-11-17(13,14)6-1-2-7-8(3-6)16-5-15-7/h1-3,11H,4-5H2,(H2,10,12). The Labute approximate surface area is 97.6 Å². The lowest BCUT2D eigenvalue weighted by molar-refractivity contribution is -0.116. The molecule has 0 fully saturated rings. The van der Waals surface area contributed by atoms with Crippen LogP contribution in [0.4, 0.5) is 0 Å². The molecule has 0 saturated heterocycles. The molecule has 1 heterocycles. The quantitative estimate of drug-likeness (QED) is 0.733. The maximum Gasteiger partial charge on any atom is 0.241 e. The third kappa shape index (κ3) is 2.48. The summed E-state index contributed by atoms with van der Waals surface area (Å²) in [7, 11) is -3.76. The highest BCUT2D eigenvalue weighted by Crippen LogP contribution is 2.33. The molecular formula is C9H10N2O5S. The second kappa shape index (κ2) is 4.22. The number of nitrogens with one attached hydrogen (secondary N) is 1. The van der Waals surface area contributed by atoms with E-state index < -0.39 is 22.5 Å². The second-order valence-electron chi connectivity index (χ2n) is 3.31. The van der Waals surface area contributed by atoms with E-state index in [1.165, 1.54) is 18.2 Å². The molecule has 0 radical (unpaired) electrons. The minimum Gasteiger partial charge on any atom is -0.454 e. The van der Waals surface area contributed by atoms with Crippen molar-refractivity contribution in [2.24, 2.45) is 5.73 Å². The minimum atomic E-state index is -3.76. The molecule has 0 unspecified atom stereocenters. The maximum absolute atomic E-state index is 11.7. The number of fused-ring (bicyclic) bond motifs is 1. The number of carbonyl (C=O) groups excluding carboxylic acids is 1. The molecule has 0 bridgehead atoms. The fourth-order valence-corrected chi connectivity index (χ4v) is 2.30. The zero-order chi connectivity index (χ0) is 12.5. The minimum absolute atomic E-state index is 0.0111. The van der Waals surface area contributed by atoms with Crippen molar-refractivity contribution >= 4 is 15.9 Å². The summed E-state index contributed by atoms with van der Waals surface area (Å²) in [6.45, 7) is -0.385. The van der Waals surface area contributed by atoms with Crippen LogP contribution in [0.5, 0.6) is 11.5 Å². The number of hydrogen-bond donors (Lipinski definition) is 2. The fraction of sp³-hybridized carbons (Fsp3) is 0.222. The highest BCUT2D eigenvalue weighted by molar-refractivity contribution is 7.89. The number of nitrogens with two attached hydrogens (primary N) is 1. The Morgan fingerprint density at radius 3 is 2.76 bits per heavy atom. The van der Waals surface area contributed by atoms with Gasteiger partial charge in [0.2, 0.25) is 22.7 Å². The molecule has 2 rings (SSSR count). The Morgan fingerprint density at radius 1 is 1.35 bits per heavy atom. The number of carbonyl (C=O) groups is 1.